The highest BCUT2D eigenvalue weighted by atomic mass is 16.2. The number of hydrogen-bond donors (Lipinski definition) is 1. The molecule has 0 spiro atoms. The van der Waals surface area contributed by atoms with E-state index in [0.29, 0.717) is 11.5 Å². The van der Waals surface area contributed by atoms with Crippen LogP contribution < -0.4 is 10.9 Å². The van der Waals surface area contributed by atoms with Gasteiger partial charge in [0.25, 0.3) is 5.56 Å². The number of carbonyl (C=O) groups is 1. The van der Waals surface area contributed by atoms with Crippen LogP contribution in [0.1, 0.15) is 11.4 Å². The molecule has 6 nitrogen and oxygen atoms in total. The number of carbonyl (C=O) groups excluding carboxylic acids is 1. The lowest BCUT2D eigenvalue weighted by molar-refractivity contribution is -0.116. The minimum atomic E-state index is -0.314. The van der Waals surface area contributed by atoms with E-state index < -0.39 is 0 Å². The fourth-order valence-corrected chi connectivity index (χ4v) is 1.59. The highest BCUT2D eigenvalue weighted by Gasteiger charge is 2.06. The third-order valence-electron chi connectivity index (χ3n) is 2.49. The fourth-order valence-electron chi connectivity index (χ4n) is 1.59. The molecule has 0 aliphatic carbocycles. The van der Waals surface area contributed by atoms with Crippen molar-refractivity contribution in [2.75, 3.05) is 5.32 Å². The topological polar surface area (TPSA) is 76.9 Å². The van der Waals surface area contributed by atoms with Crippen LogP contribution in [0.15, 0.2) is 35.4 Å². The van der Waals surface area contributed by atoms with E-state index in [1.165, 1.54) is 17.0 Å². The standard InChI is InChI=1S/C13H14N4O2/c1-9-4-3-5-11(15-9)16-12(18)7-17-8-14-10(2)6-13(17)19/h3-6,8H,7H2,1-2H3,(H,15,16,18). The highest BCUT2D eigenvalue weighted by molar-refractivity contribution is 5.89. The van der Waals surface area contributed by atoms with Gasteiger partial charge in [-0.05, 0) is 26.0 Å². The average molecular weight is 258 g/mol. The number of nitrogens with one attached hydrogen (secondary N) is 1. The molecular weight excluding hydrogens is 244 g/mol. The molecule has 2 rings (SSSR count). The maximum atomic E-state index is 11.8. The maximum Gasteiger partial charge on any atom is 0.253 e. The molecule has 1 amide bonds. The summed E-state index contributed by atoms with van der Waals surface area (Å²) in [6.45, 7) is 3.48. The Bertz CT molecular complexity index is 664. The summed E-state index contributed by atoms with van der Waals surface area (Å²) < 4.78 is 1.25. The molecule has 0 aliphatic heterocycles. The molecule has 0 aromatic carbocycles. The molecule has 6 heteroatoms. The smallest absolute Gasteiger partial charge is 0.253 e. The first-order chi connectivity index (χ1) is 9.04. The predicted octanol–water partition coefficient (Wildman–Crippen LogP) is 0.894. The molecule has 1 N–H and O–H groups in total. The molecule has 2 aromatic rings. The summed E-state index contributed by atoms with van der Waals surface area (Å²) in [6.07, 6.45) is 1.36. The van der Waals surface area contributed by atoms with Crippen molar-refractivity contribution >= 4 is 11.7 Å². The number of aromatic nitrogens is 3. The molecule has 0 atom stereocenters. The van der Waals surface area contributed by atoms with E-state index in [1.54, 1.807) is 19.1 Å². The monoisotopic (exact) mass is 258 g/mol. The summed E-state index contributed by atoms with van der Waals surface area (Å²) in [4.78, 5) is 31.5. The van der Waals surface area contributed by atoms with E-state index in [1.807, 2.05) is 13.0 Å². The van der Waals surface area contributed by atoms with Crippen LogP contribution in [0.5, 0.6) is 0 Å². The van der Waals surface area contributed by atoms with Crippen LogP contribution in [0.2, 0.25) is 0 Å². The van der Waals surface area contributed by atoms with Gasteiger partial charge in [0.1, 0.15) is 12.4 Å². The van der Waals surface area contributed by atoms with Gasteiger partial charge in [-0.1, -0.05) is 6.07 Å². The Balaban J connectivity index is 2.07. The quantitative estimate of drug-likeness (QED) is 0.887. The molecule has 0 radical (unpaired) electrons. The first-order valence-electron chi connectivity index (χ1n) is 5.81. The minimum absolute atomic E-state index is 0.0816. The maximum absolute atomic E-state index is 11.8. The van der Waals surface area contributed by atoms with E-state index in [4.69, 9.17) is 0 Å². The van der Waals surface area contributed by atoms with Crippen LogP contribution in [0.4, 0.5) is 5.82 Å². The number of aryl methyl sites for hydroxylation is 2. The largest absolute Gasteiger partial charge is 0.309 e. The Morgan fingerprint density at radius 2 is 2.11 bits per heavy atom. The second-order valence-corrected chi connectivity index (χ2v) is 4.21. The molecule has 0 unspecified atom stereocenters. The highest BCUT2D eigenvalue weighted by Crippen LogP contribution is 2.03. The molecule has 0 fully saturated rings. The lowest BCUT2D eigenvalue weighted by Crippen LogP contribution is -2.27. The van der Waals surface area contributed by atoms with Crippen molar-refractivity contribution in [1.29, 1.82) is 0 Å². The van der Waals surface area contributed by atoms with Crippen LogP contribution in [-0.4, -0.2) is 20.4 Å². The van der Waals surface area contributed by atoms with E-state index in [0.717, 1.165) is 5.69 Å². The lowest BCUT2D eigenvalue weighted by atomic mass is 10.3. The number of hydrogen-bond acceptors (Lipinski definition) is 4. The van der Waals surface area contributed by atoms with Crippen LogP contribution in [0.25, 0.3) is 0 Å². The third-order valence-corrected chi connectivity index (χ3v) is 2.49. The molecule has 0 aliphatic rings. The van der Waals surface area contributed by atoms with Crippen molar-refractivity contribution in [3.63, 3.8) is 0 Å². The number of nitrogens with zero attached hydrogens (tertiary/aromatic N) is 3. The molecule has 0 saturated heterocycles. The van der Waals surface area contributed by atoms with Crippen LogP contribution in [0, 0.1) is 13.8 Å². The Morgan fingerprint density at radius 3 is 2.79 bits per heavy atom. The first-order valence-corrected chi connectivity index (χ1v) is 5.81. The van der Waals surface area contributed by atoms with Crippen molar-refractivity contribution in [2.45, 2.75) is 20.4 Å². The van der Waals surface area contributed by atoms with Gasteiger partial charge in [-0.25, -0.2) is 9.97 Å². The zero-order chi connectivity index (χ0) is 13.8. The average Bonchev–Trinajstić information content (AvgIpc) is 2.33. The van der Waals surface area contributed by atoms with Crippen molar-refractivity contribution in [3.8, 4) is 0 Å². The summed E-state index contributed by atoms with van der Waals surface area (Å²) in [7, 11) is 0. The van der Waals surface area contributed by atoms with Gasteiger partial charge in [0.05, 0.1) is 6.33 Å². The summed E-state index contributed by atoms with van der Waals surface area (Å²) in [5, 5.41) is 2.64. The van der Waals surface area contributed by atoms with Gasteiger partial charge in [0, 0.05) is 17.5 Å². The van der Waals surface area contributed by atoms with Gasteiger partial charge in [-0.15, -0.1) is 0 Å². The normalized spacial score (nSPS) is 10.2. The second-order valence-electron chi connectivity index (χ2n) is 4.21. The number of anilines is 1. The molecule has 0 bridgehead atoms. The van der Waals surface area contributed by atoms with Gasteiger partial charge < -0.3 is 5.32 Å². The second kappa shape index (κ2) is 5.43. The van der Waals surface area contributed by atoms with Gasteiger partial charge in [0.15, 0.2) is 0 Å². The number of rotatable bonds is 3. The van der Waals surface area contributed by atoms with Gasteiger partial charge in [-0.3, -0.25) is 14.2 Å². The molecule has 2 aromatic heterocycles. The Kier molecular flexibility index (Phi) is 3.70. The van der Waals surface area contributed by atoms with Crippen LogP contribution in [0.3, 0.4) is 0 Å². The van der Waals surface area contributed by atoms with Crippen LogP contribution in [-0.2, 0) is 11.3 Å². The number of amides is 1. The van der Waals surface area contributed by atoms with E-state index in [-0.39, 0.29) is 18.0 Å². The Hall–Kier alpha value is -2.50. The van der Waals surface area contributed by atoms with Gasteiger partial charge in [-0.2, -0.15) is 0 Å². The minimum Gasteiger partial charge on any atom is -0.309 e. The Morgan fingerprint density at radius 1 is 1.32 bits per heavy atom. The van der Waals surface area contributed by atoms with Gasteiger partial charge in [0.2, 0.25) is 5.91 Å². The summed E-state index contributed by atoms with van der Waals surface area (Å²) in [5.41, 5.74) is 1.19. The molecule has 0 saturated carbocycles. The summed E-state index contributed by atoms with van der Waals surface area (Å²) in [6, 6.07) is 6.72. The fraction of sp³-hybridized carbons (Fsp3) is 0.231. The van der Waals surface area contributed by atoms with Crippen molar-refractivity contribution in [3.05, 3.63) is 52.3 Å². The molecular formula is C13H14N4O2. The van der Waals surface area contributed by atoms with Crippen molar-refractivity contribution in [2.24, 2.45) is 0 Å². The molecule has 19 heavy (non-hydrogen) atoms. The van der Waals surface area contributed by atoms with E-state index in [9.17, 15) is 9.59 Å². The van der Waals surface area contributed by atoms with E-state index in [2.05, 4.69) is 15.3 Å². The molecule has 2 heterocycles. The summed E-state index contributed by atoms with van der Waals surface area (Å²) >= 11 is 0. The van der Waals surface area contributed by atoms with Crippen LogP contribution >= 0.6 is 0 Å². The summed E-state index contributed by atoms with van der Waals surface area (Å²) in [5.74, 6) is 0.156. The lowest BCUT2D eigenvalue weighted by Gasteiger charge is -2.07. The SMILES string of the molecule is Cc1cc(=O)n(CC(=O)Nc2cccc(C)n2)cn1. The van der Waals surface area contributed by atoms with E-state index >= 15 is 0 Å². The molecule has 98 valence electrons. The van der Waals surface area contributed by atoms with Gasteiger partial charge >= 0.3 is 0 Å². The zero-order valence-corrected chi connectivity index (χ0v) is 10.8. The number of pyridine rings is 1. The third kappa shape index (κ3) is 3.48. The van der Waals surface area contributed by atoms with Crippen molar-refractivity contribution < 1.29 is 4.79 Å². The zero-order valence-electron chi connectivity index (χ0n) is 10.8. The van der Waals surface area contributed by atoms with Crippen molar-refractivity contribution in [1.82, 2.24) is 14.5 Å². The predicted molar refractivity (Wildman–Crippen MR) is 70.8 cm³/mol. The first kappa shape index (κ1) is 12.9. The Labute approximate surface area is 110 Å².